The largest absolute Gasteiger partial charge is 0.508 e. The van der Waals surface area contributed by atoms with E-state index >= 15 is 0 Å². The zero-order valence-electron chi connectivity index (χ0n) is 20.3. The highest BCUT2D eigenvalue weighted by Gasteiger charge is 2.26. The average molecular weight is 602 g/mol. The molecule has 34 heavy (non-hydrogen) atoms. The van der Waals surface area contributed by atoms with Crippen molar-refractivity contribution in [3.05, 3.63) is 53.1 Å². The minimum Gasteiger partial charge on any atom is -0.508 e. The number of fused-ring (bicyclic) bond motifs is 1. The highest BCUT2D eigenvalue weighted by Crippen LogP contribution is 2.36. The first kappa shape index (κ1) is 30.8. The van der Waals surface area contributed by atoms with Crippen molar-refractivity contribution in [2.75, 3.05) is 26.2 Å². The van der Waals surface area contributed by atoms with E-state index in [1.54, 1.807) is 18.2 Å². The topological polar surface area (TPSA) is 76.0 Å². The highest BCUT2D eigenvalue weighted by atomic mass is 79.9. The Labute approximate surface area is 226 Å². The number of nitrogens with zero attached hydrogens (tertiary/aromatic N) is 1. The molecule has 0 saturated heterocycles. The number of hydrogen-bond acceptors (Lipinski definition) is 5. The molecule has 1 aliphatic rings. The Morgan fingerprint density at radius 1 is 0.882 bits per heavy atom. The lowest BCUT2D eigenvalue weighted by Crippen LogP contribution is -2.40. The van der Waals surface area contributed by atoms with Gasteiger partial charge in [-0.1, -0.05) is 38.0 Å². The molecule has 192 valence electrons. The number of halogens is 2. The smallest absolute Gasteiger partial charge is 0.160 e. The molecule has 0 fully saturated rings. The number of rotatable bonds is 13. The third-order valence-electron chi connectivity index (χ3n) is 6.64. The van der Waals surface area contributed by atoms with Crippen LogP contribution in [-0.4, -0.2) is 52.4 Å². The molecule has 0 unspecified atom stereocenters. The van der Waals surface area contributed by atoms with Gasteiger partial charge >= 0.3 is 0 Å². The minimum absolute atomic E-state index is 0. The Balaban J connectivity index is 0.00000289. The van der Waals surface area contributed by atoms with E-state index in [0.717, 1.165) is 63.8 Å². The van der Waals surface area contributed by atoms with Crippen LogP contribution in [0.2, 0.25) is 0 Å². The van der Waals surface area contributed by atoms with E-state index in [1.165, 1.54) is 36.8 Å². The Morgan fingerprint density at radius 2 is 1.62 bits per heavy atom. The number of hydrogen-bond donors (Lipinski definition) is 4. The van der Waals surface area contributed by atoms with Gasteiger partial charge in [0.05, 0.1) is 0 Å². The third kappa shape index (κ3) is 9.40. The number of aromatic hydroxyl groups is 3. The molecular weight excluding hydrogens is 560 g/mol. The summed E-state index contributed by atoms with van der Waals surface area (Å²) in [4.78, 5) is 2.64. The summed E-state index contributed by atoms with van der Waals surface area (Å²) in [6.07, 6.45) is 9.98. The predicted octanol–water partition coefficient (Wildman–Crippen LogP) is 5.92. The van der Waals surface area contributed by atoms with Crippen molar-refractivity contribution in [1.82, 2.24) is 10.2 Å². The molecule has 3 rings (SSSR count). The van der Waals surface area contributed by atoms with Crippen LogP contribution in [0.5, 0.6) is 17.2 Å². The van der Waals surface area contributed by atoms with Gasteiger partial charge in [0.25, 0.3) is 0 Å². The summed E-state index contributed by atoms with van der Waals surface area (Å²) in [7, 11) is 0. The standard InChI is InChI=1S/C27H40N2O3.2BrH/c1-2-18-29(23-10-13-25-22(20-23)9-14-26(31)27(25)32)19-6-4-3-5-16-28-17-15-21-7-11-24(30)12-8-21;;/h7-9,11-12,14,23,28,30-32H,2-6,10,13,15-20H2,1H3;2*1H/t23-;;/m0../s1. The Morgan fingerprint density at radius 3 is 2.35 bits per heavy atom. The summed E-state index contributed by atoms with van der Waals surface area (Å²) >= 11 is 0. The monoisotopic (exact) mass is 600 g/mol. The van der Waals surface area contributed by atoms with E-state index < -0.39 is 0 Å². The Bertz CT molecular complexity index is 833. The molecule has 0 spiro atoms. The van der Waals surface area contributed by atoms with Crippen molar-refractivity contribution in [3.8, 4) is 17.2 Å². The summed E-state index contributed by atoms with van der Waals surface area (Å²) in [5, 5.41) is 32.8. The van der Waals surface area contributed by atoms with Crippen molar-refractivity contribution < 1.29 is 15.3 Å². The number of phenolic OH excluding ortho intramolecular Hbond substituents is 3. The van der Waals surface area contributed by atoms with Gasteiger partial charge in [0, 0.05) is 11.6 Å². The van der Waals surface area contributed by atoms with Crippen LogP contribution >= 0.6 is 34.0 Å². The van der Waals surface area contributed by atoms with Crippen LogP contribution < -0.4 is 5.32 Å². The van der Waals surface area contributed by atoms with E-state index in [2.05, 4.69) is 17.1 Å². The minimum atomic E-state index is 0. The SMILES string of the molecule is Br.Br.CCCN(CCCCCCNCCc1ccc(O)cc1)[C@H]1CCc2c(ccc(O)c2O)C1. The molecule has 0 amide bonds. The summed E-state index contributed by atoms with van der Waals surface area (Å²) in [5.74, 6) is 0.411. The molecule has 1 aliphatic carbocycles. The van der Waals surface area contributed by atoms with Crippen LogP contribution in [0.4, 0.5) is 0 Å². The van der Waals surface area contributed by atoms with Crippen LogP contribution in [0.3, 0.4) is 0 Å². The first-order chi connectivity index (χ1) is 15.6. The van der Waals surface area contributed by atoms with Crippen LogP contribution in [0, 0.1) is 0 Å². The maximum absolute atomic E-state index is 10.1. The fourth-order valence-electron chi connectivity index (χ4n) is 4.82. The molecule has 0 aromatic heterocycles. The van der Waals surface area contributed by atoms with E-state index in [9.17, 15) is 15.3 Å². The average Bonchev–Trinajstić information content (AvgIpc) is 2.80. The molecule has 0 radical (unpaired) electrons. The van der Waals surface area contributed by atoms with Crippen LogP contribution in [0.1, 0.15) is 62.1 Å². The van der Waals surface area contributed by atoms with Crippen molar-refractivity contribution in [2.24, 2.45) is 0 Å². The fraction of sp³-hybridized carbons (Fsp3) is 0.556. The van der Waals surface area contributed by atoms with Gasteiger partial charge in [0.15, 0.2) is 11.5 Å². The van der Waals surface area contributed by atoms with E-state index in [4.69, 9.17) is 0 Å². The molecule has 2 aromatic rings. The quantitative estimate of drug-likeness (QED) is 0.169. The second-order valence-electron chi connectivity index (χ2n) is 9.08. The predicted molar refractivity (Wildman–Crippen MR) is 151 cm³/mol. The molecule has 4 N–H and O–H groups in total. The van der Waals surface area contributed by atoms with E-state index in [0.29, 0.717) is 11.8 Å². The van der Waals surface area contributed by atoms with Crippen LogP contribution in [0.15, 0.2) is 36.4 Å². The number of nitrogens with one attached hydrogen (secondary N) is 1. The lowest BCUT2D eigenvalue weighted by molar-refractivity contribution is 0.175. The van der Waals surface area contributed by atoms with Crippen molar-refractivity contribution in [1.29, 1.82) is 0 Å². The van der Waals surface area contributed by atoms with Gasteiger partial charge in [0.2, 0.25) is 0 Å². The molecule has 7 heteroatoms. The summed E-state index contributed by atoms with van der Waals surface area (Å²) in [6.45, 7) is 6.56. The molecule has 5 nitrogen and oxygen atoms in total. The van der Waals surface area contributed by atoms with Gasteiger partial charge in [0.1, 0.15) is 5.75 Å². The molecule has 2 aromatic carbocycles. The lowest BCUT2D eigenvalue weighted by Gasteiger charge is -2.35. The second kappa shape index (κ2) is 16.4. The molecule has 0 heterocycles. The van der Waals surface area contributed by atoms with Gasteiger partial charge in [-0.3, -0.25) is 0 Å². The molecule has 1 atom stereocenters. The normalized spacial score (nSPS) is 14.8. The summed E-state index contributed by atoms with van der Waals surface area (Å²) < 4.78 is 0. The zero-order valence-corrected chi connectivity index (χ0v) is 23.8. The molecule has 0 aliphatic heterocycles. The van der Waals surface area contributed by atoms with Crippen molar-refractivity contribution in [3.63, 3.8) is 0 Å². The van der Waals surface area contributed by atoms with Crippen molar-refractivity contribution in [2.45, 2.75) is 70.8 Å². The third-order valence-corrected chi connectivity index (χ3v) is 6.64. The fourth-order valence-corrected chi connectivity index (χ4v) is 4.82. The number of benzene rings is 2. The molecular formula is C27H42Br2N2O3. The summed E-state index contributed by atoms with van der Waals surface area (Å²) in [6, 6.07) is 11.6. The second-order valence-corrected chi connectivity index (χ2v) is 9.08. The maximum Gasteiger partial charge on any atom is 0.160 e. The number of unbranched alkanes of at least 4 members (excludes halogenated alkanes) is 3. The Hall–Kier alpha value is -1.28. The van der Waals surface area contributed by atoms with Crippen LogP contribution in [-0.2, 0) is 19.3 Å². The van der Waals surface area contributed by atoms with E-state index in [1.807, 2.05) is 18.2 Å². The zero-order chi connectivity index (χ0) is 22.8. The van der Waals surface area contributed by atoms with Gasteiger partial charge < -0.3 is 25.5 Å². The van der Waals surface area contributed by atoms with Gasteiger partial charge in [-0.05, 0) is 100 Å². The van der Waals surface area contributed by atoms with E-state index in [-0.39, 0.29) is 45.5 Å². The van der Waals surface area contributed by atoms with Crippen LogP contribution in [0.25, 0.3) is 0 Å². The number of phenols is 3. The van der Waals surface area contributed by atoms with Gasteiger partial charge in [-0.15, -0.1) is 34.0 Å². The first-order valence-corrected chi connectivity index (χ1v) is 12.3. The summed E-state index contributed by atoms with van der Waals surface area (Å²) in [5.41, 5.74) is 3.38. The maximum atomic E-state index is 10.1. The Kier molecular flexibility index (Phi) is 14.8. The van der Waals surface area contributed by atoms with Gasteiger partial charge in [-0.25, -0.2) is 0 Å². The molecule has 0 bridgehead atoms. The highest BCUT2D eigenvalue weighted by molar-refractivity contribution is 8.93. The van der Waals surface area contributed by atoms with Gasteiger partial charge in [-0.2, -0.15) is 0 Å². The molecule has 0 saturated carbocycles. The lowest BCUT2D eigenvalue weighted by atomic mass is 9.86. The van der Waals surface area contributed by atoms with Crippen molar-refractivity contribution >= 4 is 34.0 Å². The first-order valence-electron chi connectivity index (χ1n) is 12.3.